The Morgan fingerprint density at radius 3 is 2.64 bits per heavy atom. The Hall–Kier alpha value is -1.19. The Labute approximate surface area is 89.8 Å². The van der Waals surface area contributed by atoms with E-state index in [1.165, 1.54) is 0 Å². The van der Waals surface area contributed by atoms with Gasteiger partial charge in [-0.3, -0.25) is 4.79 Å². The number of nitrogens with two attached hydrogens (primary N) is 1. The predicted octanol–water partition coefficient (Wildman–Crippen LogP) is 2.57. The number of fused-ring (bicyclic) bond motifs is 1. The Morgan fingerprint density at radius 1 is 1.36 bits per heavy atom. The SMILES string of the molecule is NC(=O)c1[nH]c2cccc(Cl)c2c1Cl. The molecular weight excluding hydrogens is 223 g/mol. The van der Waals surface area contributed by atoms with Gasteiger partial charge in [0.15, 0.2) is 0 Å². The normalized spacial score (nSPS) is 10.7. The fraction of sp³-hybridized carbons (Fsp3) is 0. The minimum Gasteiger partial charge on any atom is -0.364 e. The fourth-order valence-corrected chi connectivity index (χ4v) is 2.00. The summed E-state index contributed by atoms with van der Waals surface area (Å²) >= 11 is 11.9. The zero-order valence-electron chi connectivity index (χ0n) is 6.97. The van der Waals surface area contributed by atoms with Gasteiger partial charge >= 0.3 is 0 Å². The number of rotatable bonds is 1. The Morgan fingerprint density at radius 2 is 2.07 bits per heavy atom. The molecule has 0 aliphatic carbocycles. The van der Waals surface area contributed by atoms with E-state index in [0.717, 1.165) is 0 Å². The van der Waals surface area contributed by atoms with Gasteiger partial charge in [-0.15, -0.1) is 0 Å². The Kier molecular flexibility index (Phi) is 2.13. The van der Waals surface area contributed by atoms with Crippen molar-refractivity contribution >= 4 is 40.0 Å². The number of H-pyrrole nitrogens is 1. The molecule has 1 aromatic carbocycles. The second kappa shape index (κ2) is 3.19. The maximum Gasteiger partial charge on any atom is 0.266 e. The van der Waals surface area contributed by atoms with E-state index in [1.807, 2.05) is 0 Å². The molecule has 0 spiro atoms. The number of carbonyl (C=O) groups excluding carboxylic acids is 1. The zero-order chi connectivity index (χ0) is 10.3. The van der Waals surface area contributed by atoms with Gasteiger partial charge in [-0.2, -0.15) is 0 Å². The molecule has 0 fully saturated rings. The monoisotopic (exact) mass is 228 g/mol. The Bertz CT molecular complexity index is 519. The van der Waals surface area contributed by atoms with E-state index < -0.39 is 5.91 Å². The van der Waals surface area contributed by atoms with Crippen molar-refractivity contribution in [1.82, 2.24) is 4.98 Å². The molecule has 14 heavy (non-hydrogen) atoms. The van der Waals surface area contributed by atoms with E-state index in [9.17, 15) is 4.79 Å². The van der Waals surface area contributed by atoms with Crippen molar-refractivity contribution in [3.05, 3.63) is 33.9 Å². The number of nitrogens with one attached hydrogen (secondary N) is 1. The van der Waals surface area contributed by atoms with Crippen molar-refractivity contribution in [3.8, 4) is 0 Å². The van der Waals surface area contributed by atoms with Gasteiger partial charge in [0, 0.05) is 10.9 Å². The standard InChI is InChI=1S/C9H6Cl2N2O/c10-4-2-1-3-5-6(4)7(11)8(13-5)9(12)14/h1-3,13H,(H2,12,14). The van der Waals surface area contributed by atoms with Gasteiger partial charge in [0.05, 0.1) is 10.0 Å². The average Bonchev–Trinajstić information content (AvgIpc) is 2.45. The molecule has 1 heterocycles. The van der Waals surface area contributed by atoms with Crippen molar-refractivity contribution in [2.24, 2.45) is 5.73 Å². The zero-order valence-corrected chi connectivity index (χ0v) is 8.49. The molecule has 5 heteroatoms. The highest BCUT2D eigenvalue weighted by atomic mass is 35.5. The molecule has 3 N–H and O–H groups in total. The van der Waals surface area contributed by atoms with Crippen LogP contribution in [0.15, 0.2) is 18.2 Å². The molecule has 0 bridgehead atoms. The van der Waals surface area contributed by atoms with Crippen LogP contribution in [0.1, 0.15) is 10.5 Å². The molecular formula is C9H6Cl2N2O. The first-order valence-corrected chi connectivity index (χ1v) is 4.62. The highest BCUT2D eigenvalue weighted by Gasteiger charge is 2.15. The minimum absolute atomic E-state index is 0.190. The third kappa shape index (κ3) is 1.25. The van der Waals surface area contributed by atoms with Gasteiger partial charge in [-0.25, -0.2) is 0 Å². The number of aromatic amines is 1. The minimum atomic E-state index is -0.595. The molecule has 0 atom stereocenters. The van der Waals surface area contributed by atoms with Crippen LogP contribution >= 0.6 is 23.2 Å². The molecule has 0 unspecified atom stereocenters. The summed E-state index contributed by atoms with van der Waals surface area (Å²) in [6.07, 6.45) is 0. The molecule has 1 aromatic heterocycles. The first-order chi connectivity index (χ1) is 6.61. The van der Waals surface area contributed by atoms with Crippen LogP contribution in [0.25, 0.3) is 10.9 Å². The van der Waals surface area contributed by atoms with Crippen LogP contribution in [0.2, 0.25) is 10.0 Å². The van der Waals surface area contributed by atoms with E-state index in [-0.39, 0.29) is 10.7 Å². The van der Waals surface area contributed by atoms with Gasteiger partial charge < -0.3 is 10.7 Å². The quantitative estimate of drug-likeness (QED) is 0.775. The van der Waals surface area contributed by atoms with Gasteiger partial charge in [0.25, 0.3) is 5.91 Å². The summed E-state index contributed by atoms with van der Waals surface area (Å²) in [6.45, 7) is 0. The van der Waals surface area contributed by atoms with Crippen LogP contribution in [-0.2, 0) is 0 Å². The number of benzene rings is 1. The maximum absolute atomic E-state index is 11.0. The number of carbonyl (C=O) groups is 1. The van der Waals surface area contributed by atoms with Crippen molar-refractivity contribution in [2.45, 2.75) is 0 Å². The molecule has 1 amide bonds. The van der Waals surface area contributed by atoms with E-state index in [1.54, 1.807) is 18.2 Å². The summed E-state index contributed by atoms with van der Waals surface area (Å²) in [5, 5.41) is 1.40. The number of primary amides is 1. The lowest BCUT2D eigenvalue weighted by atomic mass is 10.2. The third-order valence-corrected chi connectivity index (χ3v) is 2.65. The number of hydrogen-bond acceptors (Lipinski definition) is 1. The molecule has 2 aromatic rings. The van der Waals surface area contributed by atoms with Gasteiger partial charge in [-0.1, -0.05) is 29.3 Å². The molecule has 0 aliphatic heterocycles. The van der Waals surface area contributed by atoms with Crippen molar-refractivity contribution in [1.29, 1.82) is 0 Å². The topological polar surface area (TPSA) is 58.9 Å². The smallest absolute Gasteiger partial charge is 0.266 e. The highest BCUT2D eigenvalue weighted by Crippen LogP contribution is 2.32. The van der Waals surface area contributed by atoms with Crippen molar-refractivity contribution in [2.75, 3.05) is 0 Å². The summed E-state index contributed by atoms with van der Waals surface area (Å²) in [7, 11) is 0. The number of aromatic nitrogens is 1. The lowest BCUT2D eigenvalue weighted by Crippen LogP contribution is -2.11. The molecule has 0 saturated heterocycles. The molecule has 72 valence electrons. The van der Waals surface area contributed by atoms with Crippen LogP contribution in [0.3, 0.4) is 0 Å². The third-order valence-electron chi connectivity index (χ3n) is 1.96. The predicted molar refractivity (Wildman–Crippen MR) is 56.8 cm³/mol. The highest BCUT2D eigenvalue weighted by molar-refractivity contribution is 6.44. The summed E-state index contributed by atoms with van der Waals surface area (Å²) in [6, 6.07) is 5.25. The second-order valence-electron chi connectivity index (χ2n) is 2.84. The van der Waals surface area contributed by atoms with Crippen LogP contribution in [0.4, 0.5) is 0 Å². The molecule has 2 rings (SSSR count). The molecule has 3 nitrogen and oxygen atoms in total. The largest absolute Gasteiger partial charge is 0.364 e. The fourth-order valence-electron chi connectivity index (χ4n) is 1.34. The number of amides is 1. The molecule has 0 saturated carbocycles. The summed E-state index contributed by atoms with van der Waals surface area (Å²) in [4.78, 5) is 13.8. The van der Waals surface area contributed by atoms with Crippen molar-refractivity contribution < 1.29 is 4.79 Å². The summed E-state index contributed by atoms with van der Waals surface area (Å²) < 4.78 is 0. The van der Waals surface area contributed by atoms with Crippen LogP contribution < -0.4 is 5.73 Å². The number of halogens is 2. The first-order valence-electron chi connectivity index (χ1n) is 3.86. The van der Waals surface area contributed by atoms with E-state index in [2.05, 4.69) is 4.98 Å². The van der Waals surface area contributed by atoms with Crippen molar-refractivity contribution in [3.63, 3.8) is 0 Å². The molecule has 0 aliphatic rings. The lowest BCUT2D eigenvalue weighted by Gasteiger charge is -1.92. The second-order valence-corrected chi connectivity index (χ2v) is 3.63. The van der Waals surface area contributed by atoms with Gasteiger partial charge in [0.1, 0.15) is 5.69 Å². The molecule has 0 radical (unpaired) electrons. The lowest BCUT2D eigenvalue weighted by molar-refractivity contribution is 0.0996. The van der Waals surface area contributed by atoms with Crippen LogP contribution in [-0.4, -0.2) is 10.9 Å². The van der Waals surface area contributed by atoms with E-state index in [0.29, 0.717) is 15.9 Å². The maximum atomic E-state index is 11.0. The van der Waals surface area contributed by atoms with E-state index >= 15 is 0 Å². The number of hydrogen-bond donors (Lipinski definition) is 2. The summed E-state index contributed by atoms with van der Waals surface area (Å²) in [5.41, 5.74) is 6.03. The Balaban J connectivity index is 2.87. The van der Waals surface area contributed by atoms with E-state index in [4.69, 9.17) is 28.9 Å². The van der Waals surface area contributed by atoms with Gasteiger partial charge in [-0.05, 0) is 12.1 Å². The summed E-state index contributed by atoms with van der Waals surface area (Å²) in [5.74, 6) is -0.595. The first kappa shape index (κ1) is 9.37. The van der Waals surface area contributed by atoms with Gasteiger partial charge in [0.2, 0.25) is 0 Å². The van der Waals surface area contributed by atoms with Crippen LogP contribution in [0, 0.1) is 0 Å². The average molecular weight is 229 g/mol. The van der Waals surface area contributed by atoms with Crippen LogP contribution in [0.5, 0.6) is 0 Å².